The van der Waals surface area contributed by atoms with Crippen molar-refractivity contribution in [3.63, 3.8) is 0 Å². The fourth-order valence-corrected chi connectivity index (χ4v) is 1.90. The van der Waals surface area contributed by atoms with Crippen LogP contribution in [0.5, 0.6) is 0 Å². The summed E-state index contributed by atoms with van der Waals surface area (Å²) in [5.41, 5.74) is 1.66. The summed E-state index contributed by atoms with van der Waals surface area (Å²) in [5.74, 6) is 0.812. The molecule has 1 amide bonds. The van der Waals surface area contributed by atoms with Gasteiger partial charge in [0, 0.05) is 11.6 Å². The van der Waals surface area contributed by atoms with E-state index in [1.807, 2.05) is 24.3 Å². The molecule has 1 fully saturated rings. The lowest BCUT2D eigenvalue weighted by molar-refractivity contribution is -0.117. The van der Waals surface area contributed by atoms with Crippen LogP contribution in [0.25, 0.3) is 5.69 Å². The van der Waals surface area contributed by atoms with E-state index in [2.05, 4.69) is 27.8 Å². The van der Waals surface area contributed by atoms with Crippen molar-refractivity contribution < 1.29 is 4.79 Å². The minimum atomic E-state index is 0.109. The molecule has 1 aliphatic carbocycles. The summed E-state index contributed by atoms with van der Waals surface area (Å²) in [6.07, 6.45) is 2.52. The van der Waals surface area contributed by atoms with E-state index in [-0.39, 0.29) is 11.8 Å². The van der Waals surface area contributed by atoms with Gasteiger partial charge in [0.2, 0.25) is 5.91 Å². The topological polar surface area (TPSA) is 72.7 Å². The van der Waals surface area contributed by atoms with Crippen molar-refractivity contribution >= 4 is 11.6 Å². The van der Waals surface area contributed by atoms with Gasteiger partial charge in [-0.3, -0.25) is 4.79 Å². The number of hydrogen-bond acceptors (Lipinski definition) is 4. The van der Waals surface area contributed by atoms with E-state index in [0.717, 1.165) is 17.8 Å². The highest BCUT2D eigenvalue weighted by Crippen LogP contribution is 2.38. The highest BCUT2D eigenvalue weighted by molar-refractivity contribution is 5.94. The van der Waals surface area contributed by atoms with Crippen molar-refractivity contribution in [2.75, 3.05) is 5.32 Å². The quantitative estimate of drug-likeness (QED) is 0.880. The number of carbonyl (C=O) groups excluding carboxylic acids is 1. The Balaban J connectivity index is 1.69. The molecule has 1 aromatic heterocycles. The third-order valence-corrected chi connectivity index (χ3v) is 3.19. The lowest BCUT2D eigenvalue weighted by Gasteiger charge is -2.05. The minimum absolute atomic E-state index is 0.109. The van der Waals surface area contributed by atoms with Gasteiger partial charge >= 0.3 is 0 Å². The molecule has 6 nitrogen and oxygen atoms in total. The Morgan fingerprint density at radius 2 is 2.11 bits per heavy atom. The average molecular weight is 243 g/mol. The first-order valence-electron chi connectivity index (χ1n) is 5.88. The third-order valence-electron chi connectivity index (χ3n) is 3.19. The van der Waals surface area contributed by atoms with Crippen molar-refractivity contribution in [2.45, 2.75) is 13.3 Å². The molecule has 18 heavy (non-hydrogen) atoms. The smallest absolute Gasteiger partial charge is 0.227 e. The van der Waals surface area contributed by atoms with Gasteiger partial charge < -0.3 is 5.32 Å². The molecular weight excluding hydrogens is 230 g/mol. The summed E-state index contributed by atoms with van der Waals surface area (Å²) in [5, 5.41) is 13.8. The van der Waals surface area contributed by atoms with Crippen LogP contribution in [0.4, 0.5) is 5.69 Å². The van der Waals surface area contributed by atoms with Crippen LogP contribution in [0, 0.1) is 11.8 Å². The molecule has 1 saturated carbocycles. The zero-order valence-corrected chi connectivity index (χ0v) is 9.95. The first-order valence-corrected chi connectivity index (χ1v) is 5.88. The maximum Gasteiger partial charge on any atom is 0.227 e. The Labute approximate surface area is 104 Å². The van der Waals surface area contributed by atoms with Crippen LogP contribution in [-0.2, 0) is 4.79 Å². The Bertz CT molecular complexity index is 548. The molecular formula is C12H13N5O. The van der Waals surface area contributed by atoms with E-state index in [1.54, 1.807) is 4.68 Å². The number of hydrogen-bond donors (Lipinski definition) is 1. The second-order valence-corrected chi connectivity index (χ2v) is 4.61. The molecule has 0 unspecified atom stereocenters. The second-order valence-electron chi connectivity index (χ2n) is 4.61. The van der Waals surface area contributed by atoms with Gasteiger partial charge in [0.05, 0.1) is 5.69 Å². The van der Waals surface area contributed by atoms with E-state index in [9.17, 15) is 4.79 Å². The summed E-state index contributed by atoms with van der Waals surface area (Å²) in [6.45, 7) is 2.09. The van der Waals surface area contributed by atoms with Gasteiger partial charge in [-0.15, -0.1) is 5.10 Å². The van der Waals surface area contributed by atoms with E-state index in [0.29, 0.717) is 5.92 Å². The Hall–Kier alpha value is -2.24. The fourth-order valence-electron chi connectivity index (χ4n) is 1.90. The average Bonchev–Trinajstić information content (AvgIpc) is 2.91. The molecule has 1 aromatic carbocycles. The van der Waals surface area contributed by atoms with Crippen molar-refractivity contribution in [3.8, 4) is 5.69 Å². The number of rotatable bonds is 3. The molecule has 1 aliphatic rings. The van der Waals surface area contributed by atoms with Gasteiger partial charge in [-0.1, -0.05) is 6.92 Å². The molecule has 1 heterocycles. The van der Waals surface area contributed by atoms with Crippen molar-refractivity contribution in [3.05, 3.63) is 30.6 Å². The van der Waals surface area contributed by atoms with E-state index < -0.39 is 0 Å². The summed E-state index contributed by atoms with van der Waals surface area (Å²) >= 11 is 0. The van der Waals surface area contributed by atoms with Gasteiger partial charge in [-0.2, -0.15) is 0 Å². The lowest BCUT2D eigenvalue weighted by Crippen LogP contribution is -2.14. The van der Waals surface area contributed by atoms with E-state index in [1.165, 1.54) is 6.33 Å². The Kier molecular flexibility index (Phi) is 2.55. The van der Waals surface area contributed by atoms with Crippen LogP contribution in [0.3, 0.4) is 0 Å². The monoisotopic (exact) mass is 243 g/mol. The number of nitrogens with zero attached hydrogens (tertiary/aromatic N) is 4. The zero-order chi connectivity index (χ0) is 12.5. The number of carbonyl (C=O) groups is 1. The van der Waals surface area contributed by atoms with Gasteiger partial charge in [0.1, 0.15) is 6.33 Å². The fraction of sp³-hybridized carbons (Fsp3) is 0.333. The molecule has 1 N–H and O–H groups in total. The molecule has 92 valence electrons. The van der Waals surface area contributed by atoms with Gasteiger partial charge in [-0.25, -0.2) is 4.68 Å². The molecule has 0 spiro atoms. The van der Waals surface area contributed by atoms with Crippen LogP contribution >= 0.6 is 0 Å². The first-order chi connectivity index (χ1) is 8.74. The zero-order valence-electron chi connectivity index (χ0n) is 9.95. The molecule has 0 radical (unpaired) electrons. The van der Waals surface area contributed by atoms with E-state index in [4.69, 9.17) is 0 Å². The summed E-state index contributed by atoms with van der Waals surface area (Å²) in [4.78, 5) is 11.8. The van der Waals surface area contributed by atoms with Crippen LogP contribution in [0.2, 0.25) is 0 Å². The van der Waals surface area contributed by atoms with Gasteiger partial charge in [-0.05, 0) is 47.0 Å². The number of nitrogens with one attached hydrogen (secondary N) is 1. The van der Waals surface area contributed by atoms with Gasteiger partial charge in [0.15, 0.2) is 0 Å². The molecule has 2 aromatic rings. The number of anilines is 1. The first kappa shape index (κ1) is 10.9. The van der Waals surface area contributed by atoms with Crippen molar-refractivity contribution in [1.29, 1.82) is 0 Å². The van der Waals surface area contributed by atoms with Crippen LogP contribution < -0.4 is 5.32 Å². The van der Waals surface area contributed by atoms with Crippen LogP contribution in [-0.4, -0.2) is 26.1 Å². The van der Waals surface area contributed by atoms with Crippen molar-refractivity contribution in [2.24, 2.45) is 11.8 Å². The summed E-state index contributed by atoms with van der Waals surface area (Å²) < 4.78 is 1.56. The number of benzene rings is 1. The maximum absolute atomic E-state index is 11.8. The Morgan fingerprint density at radius 3 is 2.67 bits per heavy atom. The maximum atomic E-state index is 11.8. The standard InChI is InChI=1S/C12H13N5O/c1-8-6-11(8)12(18)14-9-2-4-10(5-3-9)17-7-13-15-16-17/h2-5,7-8,11H,6H2,1H3,(H,14,18)/t8-,11+/m1/s1. The number of tetrazole rings is 1. The normalized spacial score (nSPS) is 21.6. The summed E-state index contributed by atoms with van der Waals surface area (Å²) in [6, 6.07) is 7.43. The molecule has 6 heteroatoms. The lowest BCUT2D eigenvalue weighted by atomic mass is 10.2. The van der Waals surface area contributed by atoms with Gasteiger partial charge in [0.25, 0.3) is 0 Å². The molecule has 0 saturated heterocycles. The van der Waals surface area contributed by atoms with E-state index >= 15 is 0 Å². The number of amides is 1. The Morgan fingerprint density at radius 1 is 1.39 bits per heavy atom. The SMILES string of the molecule is C[C@@H]1C[C@@H]1C(=O)Nc1ccc(-n2cnnn2)cc1. The largest absolute Gasteiger partial charge is 0.326 e. The predicted molar refractivity (Wildman–Crippen MR) is 65.1 cm³/mol. The van der Waals surface area contributed by atoms with Crippen LogP contribution in [0.15, 0.2) is 30.6 Å². The summed E-state index contributed by atoms with van der Waals surface area (Å²) in [7, 11) is 0. The molecule has 3 rings (SSSR count). The van der Waals surface area contributed by atoms with Crippen molar-refractivity contribution in [1.82, 2.24) is 20.2 Å². The molecule has 2 atom stereocenters. The minimum Gasteiger partial charge on any atom is -0.326 e. The molecule has 0 bridgehead atoms. The van der Waals surface area contributed by atoms with Crippen LogP contribution in [0.1, 0.15) is 13.3 Å². The molecule has 0 aliphatic heterocycles. The highest BCUT2D eigenvalue weighted by atomic mass is 16.2. The predicted octanol–water partition coefficient (Wildman–Crippen LogP) is 1.26. The third kappa shape index (κ3) is 2.09. The number of aromatic nitrogens is 4. The highest BCUT2D eigenvalue weighted by Gasteiger charge is 2.38. The second kappa shape index (κ2) is 4.21.